The summed E-state index contributed by atoms with van der Waals surface area (Å²) in [5.74, 6) is -0.368. The van der Waals surface area contributed by atoms with Crippen LogP contribution in [-0.2, 0) is 19.1 Å². The van der Waals surface area contributed by atoms with Crippen molar-refractivity contribution in [3.63, 3.8) is 0 Å². The van der Waals surface area contributed by atoms with Crippen LogP contribution >= 0.6 is 11.6 Å². The zero-order chi connectivity index (χ0) is 25.5. The minimum atomic E-state index is -0.378. The predicted molar refractivity (Wildman–Crippen MR) is 137 cm³/mol. The first-order valence-electron chi connectivity index (χ1n) is 12.1. The summed E-state index contributed by atoms with van der Waals surface area (Å²) in [5.41, 5.74) is 2.23. The summed E-state index contributed by atoms with van der Waals surface area (Å²) in [4.78, 5) is 41.3. The quantitative estimate of drug-likeness (QED) is 0.533. The van der Waals surface area contributed by atoms with Crippen molar-refractivity contribution in [2.75, 3.05) is 62.8 Å². The normalized spacial score (nSPS) is 18.2. The monoisotopic (exact) mass is 514 g/mol. The molecular weight excluding hydrogens is 484 g/mol. The van der Waals surface area contributed by atoms with Gasteiger partial charge < -0.3 is 25.0 Å². The number of hydrogen-bond donors (Lipinski definition) is 2. The molecule has 0 unspecified atom stereocenters. The summed E-state index contributed by atoms with van der Waals surface area (Å²) in [6, 6.07) is 12.2. The molecule has 0 aromatic heterocycles. The van der Waals surface area contributed by atoms with Crippen molar-refractivity contribution >= 4 is 40.7 Å². The number of nitrogens with zero attached hydrogens (tertiary/aromatic N) is 2. The van der Waals surface area contributed by atoms with E-state index in [1.807, 2.05) is 13.0 Å². The smallest absolute Gasteiger partial charge is 0.262 e. The summed E-state index contributed by atoms with van der Waals surface area (Å²) in [5, 5.41) is 6.28. The molecule has 4 rings (SSSR count). The Hall–Kier alpha value is -3.14. The van der Waals surface area contributed by atoms with E-state index in [0.717, 1.165) is 38.4 Å². The molecule has 2 aliphatic heterocycles. The van der Waals surface area contributed by atoms with Crippen LogP contribution in [-0.4, -0.2) is 75.2 Å². The van der Waals surface area contributed by atoms with E-state index in [1.54, 1.807) is 41.3 Å². The topological polar surface area (TPSA) is 100 Å². The van der Waals surface area contributed by atoms with Crippen LogP contribution < -0.4 is 20.3 Å². The second kappa shape index (κ2) is 12.2. The maximum Gasteiger partial charge on any atom is 0.262 e. The molecule has 0 saturated carbocycles. The second-order valence-electron chi connectivity index (χ2n) is 8.94. The van der Waals surface area contributed by atoms with Crippen molar-refractivity contribution < 1.29 is 23.9 Å². The van der Waals surface area contributed by atoms with Gasteiger partial charge in [-0.2, -0.15) is 0 Å². The largest absolute Gasteiger partial charge is 0.484 e. The first-order chi connectivity index (χ1) is 17.4. The van der Waals surface area contributed by atoms with E-state index in [2.05, 4.69) is 15.5 Å². The van der Waals surface area contributed by atoms with Crippen LogP contribution in [0.25, 0.3) is 0 Å². The fourth-order valence-electron chi connectivity index (χ4n) is 4.23. The molecule has 2 N–H and O–H groups in total. The Morgan fingerprint density at radius 2 is 1.89 bits per heavy atom. The Labute approximate surface area is 215 Å². The summed E-state index contributed by atoms with van der Waals surface area (Å²) in [6.45, 7) is 6.57. The highest BCUT2D eigenvalue weighted by Crippen LogP contribution is 2.27. The Kier molecular flexibility index (Phi) is 8.79. The average Bonchev–Trinajstić information content (AvgIpc) is 3.27. The van der Waals surface area contributed by atoms with Crippen LogP contribution in [0.2, 0.25) is 5.02 Å². The first-order valence-corrected chi connectivity index (χ1v) is 12.4. The minimum Gasteiger partial charge on any atom is -0.484 e. The number of rotatable bonds is 9. The number of carbonyl (C=O) groups is 3. The Morgan fingerprint density at radius 1 is 1.14 bits per heavy atom. The zero-order valence-corrected chi connectivity index (χ0v) is 21.1. The Bertz CT molecular complexity index is 1090. The number of hydrogen-bond acceptors (Lipinski definition) is 6. The van der Waals surface area contributed by atoms with Crippen molar-refractivity contribution in [3.8, 4) is 5.75 Å². The number of benzene rings is 2. The lowest BCUT2D eigenvalue weighted by molar-refractivity contribution is -0.126. The third-order valence-electron chi connectivity index (χ3n) is 6.32. The number of halogens is 1. The fraction of sp³-hybridized carbons (Fsp3) is 0.423. The number of aryl methyl sites for hydroxylation is 1. The van der Waals surface area contributed by atoms with Gasteiger partial charge in [-0.3, -0.25) is 19.3 Å². The van der Waals surface area contributed by atoms with Gasteiger partial charge in [-0.15, -0.1) is 0 Å². The minimum absolute atomic E-state index is 0.0896. The number of amides is 3. The predicted octanol–water partition coefficient (Wildman–Crippen LogP) is 2.47. The zero-order valence-electron chi connectivity index (χ0n) is 20.3. The third kappa shape index (κ3) is 6.96. The van der Waals surface area contributed by atoms with Gasteiger partial charge in [0.1, 0.15) is 5.75 Å². The third-order valence-corrected chi connectivity index (χ3v) is 6.55. The number of anilines is 2. The maximum atomic E-state index is 12.6. The van der Waals surface area contributed by atoms with Crippen molar-refractivity contribution in [3.05, 3.63) is 53.1 Å². The van der Waals surface area contributed by atoms with Crippen molar-refractivity contribution in [2.45, 2.75) is 13.3 Å². The van der Waals surface area contributed by atoms with Crippen molar-refractivity contribution in [2.24, 2.45) is 5.92 Å². The van der Waals surface area contributed by atoms with E-state index in [1.165, 1.54) is 0 Å². The van der Waals surface area contributed by atoms with Gasteiger partial charge in [0.25, 0.3) is 5.91 Å². The number of carbonyl (C=O) groups excluding carboxylic acids is 3. The molecule has 2 heterocycles. The molecule has 2 aliphatic rings. The molecular formula is C26H31ClN4O5. The lowest BCUT2D eigenvalue weighted by atomic mass is 10.1. The molecule has 0 spiro atoms. The molecule has 192 valence electrons. The Morgan fingerprint density at radius 3 is 2.64 bits per heavy atom. The van der Waals surface area contributed by atoms with Crippen LogP contribution in [0.15, 0.2) is 42.5 Å². The molecule has 1 atom stereocenters. The highest BCUT2D eigenvalue weighted by atomic mass is 35.5. The average molecular weight is 515 g/mol. The molecule has 10 heteroatoms. The van der Waals surface area contributed by atoms with Crippen LogP contribution in [0.3, 0.4) is 0 Å². The molecule has 36 heavy (non-hydrogen) atoms. The van der Waals surface area contributed by atoms with Crippen molar-refractivity contribution in [1.82, 2.24) is 10.2 Å². The maximum absolute atomic E-state index is 12.6. The molecule has 2 aromatic rings. The molecule has 0 bridgehead atoms. The summed E-state index contributed by atoms with van der Waals surface area (Å²) < 4.78 is 10.9. The van der Waals surface area contributed by atoms with E-state index >= 15 is 0 Å². The van der Waals surface area contributed by atoms with Gasteiger partial charge in [-0.05, 0) is 48.9 Å². The van der Waals surface area contributed by atoms with E-state index in [4.69, 9.17) is 21.1 Å². The standard InChI is InChI=1S/C26H31ClN4O5/c1-18-2-3-20(27)15-23(18)29-24(32)17-36-22-6-4-21(5-7-22)31-16-19(14-25(31)33)26(34)28-8-9-30-10-12-35-13-11-30/h2-7,15,19H,8-14,16-17H2,1H3,(H,28,34)(H,29,32)/t19-/m0/s1. The van der Waals surface area contributed by atoms with Gasteiger partial charge in [0.15, 0.2) is 6.61 Å². The van der Waals surface area contributed by atoms with Gasteiger partial charge in [-0.25, -0.2) is 0 Å². The molecule has 2 fully saturated rings. The summed E-state index contributed by atoms with van der Waals surface area (Å²) >= 11 is 5.99. The van der Waals surface area contributed by atoms with Crippen molar-refractivity contribution in [1.29, 1.82) is 0 Å². The van der Waals surface area contributed by atoms with Crippen LogP contribution in [0, 0.1) is 12.8 Å². The molecule has 2 aromatic carbocycles. The van der Waals surface area contributed by atoms with Crippen LogP contribution in [0.5, 0.6) is 5.75 Å². The van der Waals surface area contributed by atoms with Gasteiger partial charge in [0.2, 0.25) is 11.8 Å². The van der Waals surface area contributed by atoms with Gasteiger partial charge in [0.05, 0.1) is 19.1 Å². The molecule has 0 radical (unpaired) electrons. The number of nitrogens with one attached hydrogen (secondary N) is 2. The van der Waals surface area contributed by atoms with E-state index in [9.17, 15) is 14.4 Å². The van der Waals surface area contributed by atoms with E-state index in [0.29, 0.717) is 35.2 Å². The van der Waals surface area contributed by atoms with Gasteiger partial charge in [-0.1, -0.05) is 17.7 Å². The first kappa shape index (κ1) is 25.9. The fourth-order valence-corrected chi connectivity index (χ4v) is 4.40. The van der Waals surface area contributed by atoms with Crippen LogP contribution in [0.1, 0.15) is 12.0 Å². The lowest BCUT2D eigenvalue weighted by Gasteiger charge is -2.26. The lowest BCUT2D eigenvalue weighted by Crippen LogP contribution is -2.42. The summed E-state index contributed by atoms with van der Waals surface area (Å²) in [7, 11) is 0. The molecule has 3 amide bonds. The highest BCUT2D eigenvalue weighted by Gasteiger charge is 2.35. The molecule has 0 aliphatic carbocycles. The molecule has 2 saturated heterocycles. The number of ether oxygens (including phenoxy) is 2. The van der Waals surface area contributed by atoms with Gasteiger partial charge >= 0.3 is 0 Å². The SMILES string of the molecule is Cc1ccc(Cl)cc1NC(=O)COc1ccc(N2C[C@@H](C(=O)NCCN3CCOCC3)CC2=O)cc1. The Balaban J connectivity index is 1.23. The summed E-state index contributed by atoms with van der Waals surface area (Å²) in [6.07, 6.45) is 0.185. The number of morpholine rings is 1. The van der Waals surface area contributed by atoms with E-state index < -0.39 is 0 Å². The van der Waals surface area contributed by atoms with Gasteiger partial charge in [0, 0.05) is 55.5 Å². The van der Waals surface area contributed by atoms with E-state index in [-0.39, 0.29) is 36.7 Å². The van der Waals surface area contributed by atoms with Crippen LogP contribution in [0.4, 0.5) is 11.4 Å². The second-order valence-corrected chi connectivity index (χ2v) is 9.38. The highest BCUT2D eigenvalue weighted by molar-refractivity contribution is 6.31. The molecule has 9 nitrogen and oxygen atoms in total.